The van der Waals surface area contributed by atoms with Crippen LogP contribution in [-0.4, -0.2) is 11.9 Å². The number of amides is 1. The van der Waals surface area contributed by atoms with Gasteiger partial charge in [0.2, 0.25) is 5.91 Å². The molecule has 0 radical (unpaired) electrons. The molecule has 0 aliphatic rings. The minimum atomic E-state index is -0.465. The van der Waals surface area contributed by atoms with Crippen molar-refractivity contribution in [3.63, 3.8) is 0 Å². The summed E-state index contributed by atoms with van der Waals surface area (Å²) in [5.74, 6) is 0.0372. The second-order valence-electron chi connectivity index (χ2n) is 5.57. The number of nitrogens with one attached hydrogen (secondary N) is 1. The van der Waals surface area contributed by atoms with E-state index < -0.39 is 6.04 Å². The number of benzene rings is 2. The number of carbonyl (C=O) groups is 1. The third kappa shape index (κ3) is 3.96. The molecule has 2 aromatic carbocycles. The molecule has 2 rings (SSSR count). The van der Waals surface area contributed by atoms with Gasteiger partial charge in [0.15, 0.2) is 0 Å². The van der Waals surface area contributed by atoms with Crippen molar-refractivity contribution in [2.45, 2.75) is 32.9 Å². The number of hydrogen-bond donors (Lipinski definition) is 2. The van der Waals surface area contributed by atoms with Gasteiger partial charge in [0.05, 0.1) is 12.1 Å². The number of halogens is 1. The number of fused-ring (bicyclic) bond motifs is 1. The molecule has 114 valence electrons. The van der Waals surface area contributed by atoms with Crippen molar-refractivity contribution in [3.05, 3.63) is 48.0 Å². The summed E-state index contributed by atoms with van der Waals surface area (Å²) in [5, 5.41) is 5.35. The van der Waals surface area contributed by atoms with Crippen LogP contribution in [0, 0.1) is 5.92 Å². The van der Waals surface area contributed by atoms with Gasteiger partial charge in [-0.2, -0.15) is 0 Å². The van der Waals surface area contributed by atoms with Crippen LogP contribution < -0.4 is 11.1 Å². The topological polar surface area (TPSA) is 55.1 Å². The Morgan fingerprint density at radius 3 is 2.33 bits per heavy atom. The molecular formula is C17H23ClN2O. The normalized spacial score (nSPS) is 13.6. The van der Waals surface area contributed by atoms with Crippen molar-refractivity contribution in [1.29, 1.82) is 0 Å². The summed E-state index contributed by atoms with van der Waals surface area (Å²) in [7, 11) is 0. The lowest BCUT2D eigenvalue weighted by Crippen LogP contribution is -2.44. The maximum Gasteiger partial charge on any atom is 0.237 e. The van der Waals surface area contributed by atoms with E-state index in [-0.39, 0.29) is 30.3 Å². The third-order valence-electron chi connectivity index (χ3n) is 3.67. The van der Waals surface area contributed by atoms with Crippen molar-refractivity contribution in [2.24, 2.45) is 11.7 Å². The molecule has 2 atom stereocenters. The SMILES string of the molecule is CC(NC(=O)C(N)C(C)C)c1cccc2ccccc12.Cl. The summed E-state index contributed by atoms with van der Waals surface area (Å²) in [5.41, 5.74) is 7.00. The molecule has 1 amide bonds. The second kappa shape index (κ2) is 7.43. The Morgan fingerprint density at radius 2 is 1.67 bits per heavy atom. The lowest BCUT2D eigenvalue weighted by molar-refractivity contribution is -0.123. The summed E-state index contributed by atoms with van der Waals surface area (Å²) >= 11 is 0. The lowest BCUT2D eigenvalue weighted by Gasteiger charge is -2.21. The van der Waals surface area contributed by atoms with Crippen LogP contribution in [0.4, 0.5) is 0 Å². The third-order valence-corrected chi connectivity index (χ3v) is 3.67. The van der Waals surface area contributed by atoms with Crippen LogP contribution in [0.3, 0.4) is 0 Å². The molecule has 4 heteroatoms. The van der Waals surface area contributed by atoms with Crippen molar-refractivity contribution in [1.82, 2.24) is 5.32 Å². The van der Waals surface area contributed by atoms with Gasteiger partial charge in [-0.3, -0.25) is 4.79 Å². The van der Waals surface area contributed by atoms with Gasteiger partial charge in [0.1, 0.15) is 0 Å². The maximum atomic E-state index is 12.1. The van der Waals surface area contributed by atoms with Crippen molar-refractivity contribution in [2.75, 3.05) is 0 Å². The summed E-state index contributed by atoms with van der Waals surface area (Å²) in [6.45, 7) is 5.90. The van der Waals surface area contributed by atoms with E-state index in [1.807, 2.05) is 45.0 Å². The zero-order valence-corrected chi connectivity index (χ0v) is 13.5. The molecule has 0 bridgehead atoms. The van der Waals surface area contributed by atoms with E-state index >= 15 is 0 Å². The van der Waals surface area contributed by atoms with E-state index in [0.29, 0.717) is 0 Å². The van der Waals surface area contributed by atoms with Crippen LogP contribution in [0.2, 0.25) is 0 Å². The first kappa shape index (κ1) is 17.5. The van der Waals surface area contributed by atoms with E-state index in [4.69, 9.17) is 5.73 Å². The van der Waals surface area contributed by atoms with Crippen LogP contribution in [0.15, 0.2) is 42.5 Å². The molecule has 2 unspecified atom stereocenters. The molecule has 3 N–H and O–H groups in total. The molecule has 2 aromatic rings. The van der Waals surface area contributed by atoms with Gasteiger partial charge in [-0.05, 0) is 29.2 Å². The Bertz CT molecular complexity index is 607. The summed E-state index contributed by atoms with van der Waals surface area (Å²) < 4.78 is 0. The van der Waals surface area contributed by atoms with Gasteiger partial charge in [0.25, 0.3) is 0 Å². The molecule has 0 aliphatic heterocycles. The van der Waals surface area contributed by atoms with Gasteiger partial charge in [-0.15, -0.1) is 12.4 Å². The fourth-order valence-corrected chi connectivity index (χ4v) is 2.32. The van der Waals surface area contributed by atoms with Gasteiger partial charge in [-0.1, -0.05) is 56.3 Å². The fourth-order valence-electron chi connectivity index (χ4n) is 2.32. The fraction of sp³-hybridized carbons (Fsp3) is 0.353. The average molecular weight is 307 g/mol. The van der Waals surface area contributed by atoms with Crippen LogP contribution in [0.25, 0.3) is 10.8 Å². The van der Waals surface area contributed by atoms with Gasteiger partial charge in [0, 0.05) is 0 Å². The highest BCUT2D eigenvalue weighted by atomic mass is 35.5. The first-order valence-corrected chi connectivity index (χ1v) is 7.04. The van der Waals surface area contributed by atoms with Crippen LogP contribution in [-0.2, 0) is 4.79 Å². The predicted molar refractivity (Wildman–Crippen MR) is 90.6 cm³/mol. The van der Waals surface area contributed by atoms with Gasteiger partial charge in [-0.25, -0.2) is 0 Å². The van der Waals surface area contributed by atoms with E-state index in [0.717, 1.165) is 5.56 Å². The molecular weight excluding hydrogens is 284 g/mol. The zero-order valence-electron chi connectivity index (χ0n) is 12.7. The van der Waals surface area contributed by atoms with E-state index in [9.17, 15) is 4.79 Å². The number of carbonyl (C=O) groups excluding carboxylic acids is 1. The standard InChI is InChI=1S/C17H22N2O.ClH/c1-11(2)16(18)17(20)19-12(3)14-10-6-8-13-7-4-5-9-15(13)14;/h4-12,16H,18H2,1-3H3,(H,19,20);1H. The van der Waals surface area contributed by atoms with E-state index in [1.54, 1.807) is 0 Å². The Labute approximate surface area is 132 Å². The van der Waals surface area contributed by atoms with Crippen molar-refractivity contribution < 1.29 is 4.79 Å². The minimum absolute atomic E-state index is 0. The van der Waals surface area contributed by atoms with Crippen LogP contribution in [0.5, 0.6) is 0 Å². The Hall–Kier alpha value is -1.58. The molecule has 0 spiro atoms. The molecule has 0 saturated carbocycles. The van der Waals surface area contributed by atoms with E-state index in [1.165, 1.54) is 10.8 Å². The predicted octanol–water partition coefficient (Wildman–Crippen LogP) is 3.42. The molecule has 0 aliphatic carbocycles. The van der Waals surface area contributed by atoms with E-state index in [2.05, 4.69) is 23.5 Å². The highest BCUT2D eigenvalue weighted by Gasteiger charge is 2.20. The van der Waals surface area contributed by atoms with Crippen molar-refractivity contribution >= 4 is 29.1 Å². The molecule has 3 nitrogen and oxygen atoms in total. The quantitative estimate of drug-likeness (QED) is 0.909. The molecule has 0 saturated heterocycles. The second-order valence-corrected chi connectivity index (χ2v) is 5.57. The first-order chi connectivity index (χ1) is 9.50. The first-order valence-electron chi connectivity index (χ1n) is 7.04. The summed E-state index contributed by atoms with van der Waals surface area (Å²) in [4.78, 5) is 12.1. The van der Waals surface area contributed by atoms with Crippen LogP contribution in [0.1, 0.15) is 32.4 Å². The van der Waals surface area contributed by atoms with Gasteiger partial charge >= 0.3 is 0 Å². The monoisotopic (exact) mass is 306 g/mol. The smallest absolute Gasteiger partial charge is 0.237 e. The molecule has 0 aromatic heterocycles. The number of rotatable bonds is 4. The molecule has 0 heterocycles. The minimum Gasteiger partial charge on any atom is -0.348 e. The highest BCUT2D eigenvalue weighted by Crippen LogP contribution is 2.24. The Kier molecular flexibility index (Phi) is 6.19. The van der Waals surface area contributed by atoms with Crippen LogP contribution >= 0.6 is 12.4 Å². The maximum absolute atomic E-state index is 12.1. The molecule has 0 fully saturated rings. The number of hydrogen-bond acceptors (Lipinski definition) is 2. The van der Waals surface area contributed by atoms with Crippen molar-refractivity contribution in [3.8, 4) is 0 Å². The average Bonchev–Trinajstić information content (AvgIpc) is 2.45. The number of nitrogens with two attached hydrogens (primary N) is 1. The Morgan fingerprint density at radius 1 is 1.05 bits per heavy atom. The Balaban J connectivity index is 0.00000220. The molecule has 21 heavy (non-hydrogen) atoms. The summed E-state index contributed by atoms with van der Waals surface area (Å²) in [6, 6.07) is 13.8. The largest absolute Gasteiger partial charge is 0.348 e. The van der Waals surface area contributed by atoms with Gasteiger partial charge < -0.3 is 11.1 Å². The zero-order chi connectivity index (χ0) is 14.7. The highest BCUT2D eigenvalue weighted by molar-refractivity contribution is 5.87. The lowest BCUT2D eigenvalue weighted by atomic mass is 9.98. The summed E-state index contributed by atoms with van der Waals surface area (Å²) in [6.07, 6.45) is 0.